The zero-order chi connectivity index (χ0) is 11.3. The first kappa shape index (κ1) is 11.8. The number of nitrogens with zero attached hydrogens (tertiary/aromatic N) is 2. The lowest BCUT2D eigenvalue weighted by Crippen LogP contribution is -2.15. The van der Waals surface area contributed by atoms with Gasteiger partial charge in [0.15, 0.2) is 5.84 Å². The molecule has 0 saturated carbocycles. The number of amidine groups is 1. The van der Waals surface area contributed by atoms with E-state index in [1.54, 1.807) is 12.1 Å². The van der Waals surface area contributed by atoms with Gasteiger partial charge in [-0.25, -0.2) is 4.98 Å². The molecule has 0 fully saturated rings. The molecule has 1 aromatic rings. The van der Waals surface area contributed by atoms with Crippen molar-refractivity contribution in [3.8, 4) is 0 Å². The number of aliphatic hydroxyl groups excluding tert-OH is 1. The Balaban J connectivity index is 2.83. The number of thioether (sulfide) groups is 1. The van der Waals surface area contributed by atoms with Crippen molar-refractivity contribution in [1.29, 1.82) is 0 Å². The first-order chi connectivity index (χ1) is 7.17. The van der Waals surface area contributed by atoms with E-state index in [0.29, 0.717) is 5.69 Å². The van der Waals surface area contributed by atoms with Gasteiger partial charge in [0.1, 0.15) is 5.69 Å². The minimum Gasteiger partial charge on any atom is -0.409 e. The highest BCUT2D eigenvalue weighted by atomic mass is 32.2. The zero-order valence-electron chi connectivity index (χ0n) is 8.29. The summed E-state index contributed by atoms with van der Waals surface area (Å²) in [6.07, 6.45) is 0. The predicted molar refractivity (Wildman–Crippen MR) is 59.2 cm³/mol. The molecular formula is C9H13N3O2S. The fourth-order valence-electron chi connectivity index (χ4n) is 0.918. The summed E-state index contributed by atoms with van der Waals surface area (Å²) in [5.74, 6) is -0.0194. The van der Waals surface area contributed by atoms with Crippen LogP contribution < -0.4 is 5.73 Å². The third-order valence-electron chi connectivity index (χ3n) is 1.67. The van der Waals surface area contributed by atoms with Crippen molar-refractivity contribution in [3.05, 3.63) is 23.9 Å². The van der Waals surface area contributed by atoms with Crippen molar-refractivity contribution in [3.63, 3.8) is 0 Å². The molecule has 1 rings (SSSR count). The van der Waals surface area contributed by atoms with Crippen LogP contribution in [0.15, 0.2) is 28.4 Å². The van der Waals surface area contributed by atoms with Crippen LogP contribution in [0.5, 0.6) is 0 Å². The predicted octanol–water partition coefficient (Wildman–Crippen LogP) is 0.649. The topological polar surface area (TPSA) is 91.7 Å². The number of nitrogens with two attached hydrogens (primary N) is 1. The summed E-state index contributed by atoms with van der Waals surface area (Å²) in [5, 5.41) is 21.0. The van der Waals surface area contributed by atoms with Crippen molar-refractivity contribution in [2.24, 2.45) is 10.9 Å². The summed E-state index contributed by atoms with van der Waals surface area (Å²) in [6.45, 7) is 1.97. The second-order valence-electron chi connectivity index (χ2n) is 2.96. The SMILES string of the molecule is CC(CO)Sc1cccc(/C(N)=N/O)n1. The molecule has 1 unspecified atom stereocenters. The second kappa shape index (κ2) is 5.57. The zero-order valence-corrected chi connectivity index (χ0v) is 9.11. The summed E-state index contributed by atoms with van der Waals surface area (Å²) in [7, 11) is 0. The average molecular weight is 227 g/mol. The molecule has 4 N–H and O–H groups in total. The third-order valence-corrected chi connectivity index (χ3v) is 2.69. The maximum absolute atomic E-state index is 8.88. The van der Waals surface area contributed by atoms with E-state index in [4.69, 9.17) is 16.0 Å². The number of oxime groups is 1. The van der Waals surface area contributed by atoms with Gasteiger partial charge in [0.25, 0.3) is 0 Å². The number of pyridine rings is 1. The van der Waals surface area contributed by atoms with E-state index in [2.05, 4.69) is 10.1 Å². The summed E-state index contributed by atoms with van der Waals surface area (Å²) >= 11 is 1.43. The van der Waals surface area contributed by atoms with Crippen molar-refractivity contribution in [2.45, 2.75) is 17.2 Å². The van der Waals surface area contributed by atoms with E-state index in [0.717, 1.165) is 5.03 Å². The maximum atomic E-state index is 8.88. The van der Waals surface area contributed by atoms with Crippen LogP contribution in [0.3, 0.4) is 0 Å². The molecule has 82 valence electrons. The van der Waals surface area contributed by atoms with Gasteiger partial charge in [-0.2, -0.15) is 0 Å². The first-order valence-corrected chi connectivity index (χ1v) is 5.27. The number of aliphatic hydroxyl groups is 1. The van der Waals surface area contributed by atoms with Gasteiger partial charge in [0, 0.05) is 5.25 Å². The fourth-order valence-corrected chi connectivity index (χ4v) is 1.71. The lowest BCUT2D eigenvalue weighted by Gasteiger charge is -2.07. The molecule has 0 aliphatic carbocycles. The molecule has 15 heavy (non-hydrogen) atoms. The molecule has 0 saturated heterocycles. The van der Waals surface area contributed by atoms with Crippen molar-refractivity contribution in [1.82, 2.24) is 4.98 Å². The van der Waals surface area contributed by atoms with Crippen LogP contribution in [-0.4, -0.2) is 33.0 Å². The molecule has 0 aromatic carbocycles. The van der Waals surface area contributed by atoms with Crippen molar-refractivity contribution < 1.29 is 10.3 Å². The van der Waals surface area contributed by atoms with Crippen LogP contribution in [0.1, 0.15) is 12.6 Å². The minimum absolute atomic E-state index is 0.0194. The van der Waals surface area contributed by atoms with Crippen molar-refractivity contribution in [2.75, 3.05) is 6.61 Å². The quantitative estimate of drug-likeness (QED) is 0.231. The van der Waals surface area contributed by atoms with E-state index in [-0.39, 0.29) is 17.7 Å². The molecule has 0 aliphatic rings. The van der Waals surface area contributed by atoms with Gasteiger partial charge in [-0.05, 0) is 12.1 Å². The van der Waals surface area contributed by atoms with Crippen LogP contribution in [0, 0.1) is 0 Å². The number of rotatable bonds is 4. The monoisotopic (exact) mass is 227 g/mol. The van der Waals surface area contributed by atoms with Crippen LogP contribution in [0.2, 0.25) is 0 Å². The van der Waals surface area contributed by atoms with E-state index in [9.17, 15) is 0 Å². The molecule has 1 atom stereocenters. The van der Waals surface area contributed by atoms with Gasteiger partial charge in [0.2, 0.25) is 0 Å². The van der Waals surface area contributed by atoms with Crippen molar-refractivity contribution >= 4 is 17.6 Å². The van der Waals surface area contributed by atoms with E-state index in [1.165, 1.54) is 11.8 Å². The Kier molecular flexibility index (Phi) is 4.38. The Morgan fingerprint density at radius 2 is 2.40 bits per heavy atom. The molecule has 6 heteroatoms. The largest absolute Gasteiger partial charge is 0.409 e. The Morgan fingerprint density at radius 1 is 1.67 bits per heavy atom. The Labute approximate surface area is 92.0 Å². The number of hydrogen-bond donors (Lipinski definition) is 3. The number of hydrogen-bond acceptors (Lipinski definition) is 5. The first-order valence-electron chi connectivity index (χ1n) is 4.40. The third kappa shape index (κ3) is 3.41. The molecule has 0 radical (unpaired) electrons. The molecular weight excluding hydrogens is 214 g/mol. The molecule has 5 nitrogen and oxygen atoms in total. The van der Waals surface area contributed by atoms with E-state index >= 15 is 0 Å². The van der Waals surface area contributed by atoms with E-state index < -0.39 is 0 Å². The number of aromatic nitrogens is 1. The molecule has 0 amide bonds. The van der Waals surface area contributed by atoms with Gasteiger partial charge in [-0.3, -0.25) is 0 Å². The van der Waals surface area contributed by atoms with Gasteiger partial charge in [-0.15, -0.1) is 11.8 Å². The molecule has 0 bridgehead atoms. The van der Waals surface area contributed by atoms with Gasteiger partial charge in [0.05, 0.1) is 11.6 Å². The average Bonchev–Trinajstić information content (AvgIpc) is 2.28. The lowest BCUT2D eigenvalue weighted by atomic mass is 10.3. The molecule has 0 spiro atoms. The molecule has 1 heterocycles. The highest BCUT2D eigenvalue weighted by Gasteiger charge is 2.06. The van der Waals surface area contributed by atoms with Crippen LogP contribution >= 0.6 is 11.8 Å². The Morgan fingerprint density at radius 3 is 3.00 bits per heavy atom. The van der Waals surface area contributed by atoms with Crippen LogP contribution in [0.25, 0.3) is 0 Å². The van der Waals surface area contributed by atoms with E-state index in [1.807, 2.05) is 13.0 Å². The van der Waals surface area contributed by atoms with Gasteiger partial charge >= 0.3 is 0 Å². The van der Waals surface area contributed by atoms with Crippen LogP contribution in [0.4, 0.5) is 0 Å². The summed E-state index contributed by atoms with van der Waals surface area (Å²) < 4.78 is 0. The molecule has 0 aliphatic heterocycles. The smallest absolute Gasteiger partial charge is 0.188 e. The normalized spacial score (nSPS) is 13.9. The second-order valence-corrected chi connectivity index (χ2v) is 4.42. The fraction of sp³-hybridized carbons (Fsp3) is 0.333. The minimum atomic E-state index is -0.0194. The summed E-state index contributed by atoms with van der Waals surface area (Å²) in [4.78, 5) is 4.17. The van der Waals surface area contributed by atoms with Crippen LogP contribution in [-0.2, 0) is 0 Å². The summed E-state index contributed by atoms with van der Waals surface area (Å²) in [5.41, 5.74) is 5.83. The Bertz CT molecular complexity index is 357. The highest BCUT2D eigenvalue weighted by molar-refractivity contribution is 7.99. The maximum Gasteiger partial charge on any atom is 0.188 e. The highest BCUT2D eigenvalue weighted by Crippen LogP contribution is 2.20. The van der Waals surface area contributed by atoms with Gasteiger partial charge < -0.3 is 16.0 Å². The standard InChI is InChI=1S/C9H13N3O2S/c1-6(5-13)15-8-4-2-3-7(11-8)9(10)12-14/h2-4,6,13-14H,5H2,1H3,(H2,10,12). The Hall–Kier alpha value is -1.27. The van der Waals surface area contributed by atoms with Gasteiger partial charge in [-0.1, -0.05) is 18.1 Å². The lowest BCUT2D eigenvalue weighted by molar-refractivity contribution is 0.300. The molecule has 1 aromatic heterocycles. The summed E-state index contributed by atoms with van der Waals surface area (Å²) in [6, 6.07) is 5.24.